The van der Waals surface area contributed by atoms with Crippen LogP contribution >= 0.6 is 0 Å². The maximum absolute atomic E-state index is 4.34. The van der Waals surface area contributed by atoms with Crippen molar-refractivity contribution in [3.63, 3.8) is 0 Å². The Morgan fingerprint density at radius 1 is 1.35 bits per heavy atom. The predicted octanol–water partition coefficient (Wildman–Crippen LogP) is 3.24. The largest absolute Gasteiger partial charge is 0.368 e. The van der Waals surface area contributed by atoms with Gasteiger partial charge in [-0.2, -0.15) is 5.10 Å². The lowest BCUT2D eigenvalue weighted by molar-refractivity contribution is 0.160. The topological polar surface area (TPSA) is 44.0 Å². The van der Waals surface area contributed by atoms with Crippen molar-refractivity contribution in [1.82, 2.24) is 15.1 Å². The summed E-state index contributed by atoms with van der Waals surface area (Å²) in [6.07, 6.45) is 5.29. The minimum Gasteiger partial charge on any atom is -0.368 e. The molecule has 20 heavy (non-hydrogen) atoms. The highest BCUT2D eigenvalue weighted by Crippen LogP contribution is 2.20. The molecular formula is C16H24N4. The number of piperidine rings is 1. The second kappa shape index (κ2) is 6.27. The molecule has 1 aromatic carbocycles. The van der Waals surface area contributed by atoms with Gasteiger partial charge in [0.2, 0.25) is 0 Å². The SMILES string of the molecule is C[C@@H]1CCCCN1CCCNc1n[nH]c2ccccc12. The molecule has 2 heterocycles. The van der Waals surface area contributed by atoms with Gasteiger partial charge >= 0.3 is 0 Å². The Hall–Kier alpha value is -1.55. The van der Waals surface area contributed by atoms with E-state index in [1.807, 2.05) is 6.07 Å². The molecule has 1 aliphatic rings. The van der Waals surface area contributed by atoms with Crippen LogP contribution in [0.3, 0.4) is 0 Å². The first kappa shape index (κ1) is 13.4. The summed E-state index contributed by atoms with van der Waals surface area (Å²) >= 11 is 0. The lowest BCUT2D eigenvalue weighted by atomic mass is 10.0. The third-order valence-electron chi connectivity index (χ3n) is 4.33. The number of hydrogen-bond donors (Lipinski definition) is 2. The van der Waals surface area contributed by atoms with Gasteiger partial charge in [0.1, 0.15) is 0 Å². The van der Waals surface area contributed by atoms with Gasteiger partial charge in [-0.25, -0.2) is 0 Å². The first-order chi connectivity index (χ1) is 9.84. The average Bonchev–Trinajstić information content (AvgIpc) is 2.89. The minimum atomic E-state index is 0.759. The Labute approximate surface area is 120 Å². The van der Waals surface area contributed by atoms with E-state index in [1.54, 1.807) is 0 Å². The van der Waals surface area contributed by atoms with Gasteiger partial charge in [-0.05, 0) is 44.9 Å². The standard InChI is InChI=1S/C16H24N4/c1-13-7-4-5-11-20(13)12-6-10-17-16-14-8-2-3-9-15(14)18-19-16/h2-3,8-9,13H,4-7,10-12H2,1H3,(H2,17,18,19)/t13-/m1/s1. The Morgan fingerprint density at radius 2 is 2.25 bits per heavy atom. The molecule has 108 valence electrons. The van der Waals surface area contributed by atoms with E-state index < -0.39 is 0 Å². The van der Waals surface area contributed by atoms with Crippen molar-refractivity contribution in [3.8, 4) is 0 Å². The van der Waals surface area contributed by atoms with Crippen LogP contribution in [0.1, 0.15) is 32.6 Å². The van der Waals surface area contributed by atoms with Crippen molar-refractivity contribution in [2.24, 2.45) is 0 Å². The molecule has 1 aliphatic heterocycles. The zero-order valence-electron chi connectivity index (χ0n) is 12.2. The maximum atomic E-state index is 4.34. The van der Waals surface area contributed by atoms with E-state index in [0.717, 1.165) is 23.9 Å². The second-order valence-corrected chi connectivity index (χ2v) is 5.78. The minimum absolute atomic E-state index is 0.759. The summed E-state index contributed by atoms with van der Waals surface area (Å²) in [4.78, 5) is 2.62. The number of anilines is 1. The molecule has 0 unspecified atom stereocenters. The third-order valence-corrected chi connectivity index (χ3v) is 4.33. The lowest BCUT2D eigenvalue weighted by Gasteiger charge is -2.33. The first-order valence-electron chi connectivity index (χ1n) is 7.75. The van der Waals surface area contributed by atoms with Gasteiger partial charge in [0, 0.05) is 24.5 Å². The van der Waals surface area contributed by atoms with Crippen LogP contribution in [0.15, 0.2) is 24.3 Å². The molecule has 2 aromatic rings. The van der Waals surface area contributed by atoms with Crippen LogP contribution in [0.4, 0.5) is 5.82 Å². The van der Waals surface area contributed by atoms with E-state index in [4.69, 9.17) is 0 Å². The van der Waals surface area contributed by atoms with Crippen LogP contribution in [0.5, 0.6) is 0 Å². The smallest absolute Gasteiger partial charge is 0.155 e. The fraction of sp³-hybridized carbons (Fsp3) is 0.562. The van der Waals surface area contributed by atoms with E-state index in [0.29, 0.717) is 0 Å². The molecule has 0 spiro atoms. The summed E-state index contributed by atoms with van der Waals surface area (Å²) < 4.78 is 0. The Bertz CT molecular complexity index is 548. The molecule has 1 fully saturated rings. The van der Waals surface area contributed by atoms with E-state index in [-0.39, 0.29) is 0 Å². The number of nitrogens with one attached hydrogen (secondary N) is 2. The monoisotopic (exact) mass is 272 g/mol. The highest BCUT2D eigenvalue weighted by atomic mass is 15.2. The quantitative estimate of drug-likeness (QED) is 0.821. The summed E-state index contributed by atoms with van der Waals surface area (Å²) in [5.74, 6) is 0.979. The van der Waals surface area contributed by atoms with Crippen LogP contribution in [0, 0.1) is 0 Å². The number of fused-ring (bicyclic) bond motifs is 1. The van der Waals surface area contributed by atoms with E-state index in [1.165, 1.54) is 44.2 Å². The Morgan fingerprint density at radius 3 is 3.15 bits per heavy atom. The van der Waals surface area contributed by atoms with Gasteiger partial charge in [0.15, 0.2) is 5.82 Å². The normalized spacial score (nSPS) is 20.4. The van der Waals surface area contributed by atoms with Gasteiger partial charge in [-0.1, -0.05) is 18.6 Å². The maximum Gasteiger partial charge on any atom is 0.155 e. The average molecular weight is 272 g/mol. The van der Waals surface area contributed by atoms with Crippen LogP contribution in [0.2, 0.25) is 0 Å². The number of nitrogens with zero attached hydrogens (tertiary/aromatic N) is 2. The molecule has 2 N–H and O–H groups in total. The molecular weight excluding hydrogens is 248 g/mol. The van der Waals surface area contributed by atoms with Crippen molar-refractivity contribution < 1.29 is 0 Å². The predicted molar refractivity (Wildman–Crippen MR) is 84.1 cm³/mol. The number of benzene rings is 1. The molecule has 3 rings (SSSR count). The van der Waals surface area contributed by atoms with E-state index in [2.05, 4.69) is 45.5 Å². The number of H-pyrrole nitrogens is 1. The van der Waals surface area contributed by atoms with Crippen molar-refractivity contribution in [2.75, 3.05) is 25.0 Å². The summed E-state index contributed by atoms with van der Waals surface area (Å²) in [7, 11) is 0. The molecule has 1 atom stereocenters. The molecule has 4 heteroatoms. The molecule has 0 bridgehead atoms. The van der Waals surface area contributed by atoms with Gasteiger partial charge in [0.05, 0.1) is 5.52 Å². The molecule has 0 radical (unpaired) electrons. The molecule has 0 saturated carbocycles. The molecule has 0 aliphatic carbocycles. The Kier molecular flexibility index (Phi) is 4.21. The summed E-state index contributed by atoms with van der Waals surface area (Å²) in [5.41, 5.74) is 1.10. The van der Waals surface area contributed by atoms with Crippen molar-refractivity contribution >= 4 is 16.7 Å². The van der Waals surface area contributed by atoms with Crippen molar-refractivity contribution in [3.05, 3.63) is 24.3 Å². The number of aromatic nitrogens is 2. The van der Waals surface area contributed by atoms with Gasteiger partial charge < -0.3 is 10.2 Å². The van der Waals surface area contributed by atoms with Crippen LogP contribution in [0.25, 0.3) is 10.9 Å². The lowest BCUT2D eigenvalue weighted by Crippen LogP contribution is -2.38. The van der Waals surface area contributed by atoms with Crippen LogP contribution < -0.4 is 5.32 Å². The van der Waals surface area contributed by atoms with Crippen LogP contribution in [-0.2, 0) is 0 Å². The number of para-hydroxylation sites is 1. The zero-order chi connectivity index (χ0) is 13.8. The number of hydrogen-bond acceptors (Lipinski definition) is 3. The highest BCUT2D eigenvalue weighted by molar-refractivity contribution is 5.89. The second-order valence-electron chi connectivity index (χ2n) is 5.78. The van der Waals surface area contributed by atoms with Gasteiger partial charge in [-0.3, -0.25) is 5.10 Å². The number of aromatic amines is 1. The summed E-state index contributed by atoms with van der Waals surface area (Å²) in [6.45, 7) is 5.80. The van der Waals surface area contributed by atoms with Crippen molar-refractivity contribution in [1.29, 1.82) is 0 Å². The number of rotatable bonds is 5. The molecule has 4 nitrogen and oxygen atoms in total. The summed E-state index contributed by atoms with van der Waals surface area (Å²) in [6, 6.07) is 9.01. The fourth-order valence-electron chi connectivity index (χ4n) is 3.08. The third kappa shape index (κ3) is 2.96. The van der Waals surface area contributed by atoms with Crippen molar-refractivity contribution in [2.45, 2.75) is 38.6 Å². The number of likely N-dealkylation sites (tertiary alicyclic amines) is 1. The van der Waals surface area contributed by atoms with E-state index in [9.17, 15) is 0 Å². The van der Waals surface area contributed by atoms with E-state index >= 15 is 0 Å². The Balaban J connectivity index is 1.48. The fourth-order valence-corrected chi connectivity index (χ4v) is 3.08. The molecule has 0 amide bonds. The molecule has 1 aromatic heterocycles. The molecule has 1 saturated heterocycles. The summed E-state index contributed by atoms with van der Waals surface area (Å²) in [5, 5.41) is 12.0. The van der Waals surface area contributed by atoms with Crippen LogP contribution in [-0.4, -0.2) is 40.8 Å². The highest BCUT2D eigenvalue weighted by Gasteiger charge is 2.17. The first-order valence-corrected chi connectivity index (χ1v) is 7.75. The zero-order valence-corrected chi connectivity index (χ0v) is 12.2. The van der Waals surface area contributed by atoms with Gasteiger partial charge in [0.25, 0.3) is 0 Å². The van der Waals surface area contributed by atoms with Gasteiger partial charge in [-0.15, -0.1) is 0 Å².